The van der Waals surface area contributed by atoms with Crippen molar-refractivity contribution in [3.05, 3.63) is 107 Å². The normalized spacial score (nSPS) is 14.5. The second-order valence-electron chi connectivity index (χ2n) is 7.84. The first-order valence-corrected chi connectivity index (χ1v) is 12.5. The average molecular weight is 459 g/mol. The van der Waals surface area contributed by atoms with E-state index in [1.54, 1.807) is 0 Å². The predicted octanol–water partition coefficient (Wildman–Crippen LogP) is 5.30. The van der Waals surface area contributed by atoms with Crippen molar-refractivity contribution in [3.63, 3.8) is 0 Å². The van der Waals surface area contributed by atoms with Crippen LogP contribution in [0.4, 0.5) is 5.69 Å². The van der Waals surface area contributed by atoms with Gasteiger partial charge in [-0.15, -0.1) is 0 Å². The van der Waals surface area contributed by atoms with E-state index >= 15 is 0 Å². The third kappa shape index (κ3) is 5.40. The van der Waals surface area contributed by atoms with Gasteiger partial charge >= 0.3 is 143 Å². The monoisotopic (exact) mass is 458 g/mol. The van der Waals surface area contributed by atoms with Crippen LogP contribution in [0.5, 0.6) is 5.75 Å². The van der Waals surface area contributed by atoms with Crippen LogP contribution in [-0.4, -0.2) is 39.0 Å². The molecule has 4 nitrogen and oxygen atoms in total. The first kappa shape index (κ1) is 22.0. The number of carbonyl (C=O) groups is 1. The molecule has 0 aromatic heterocycles. The Morgan fingerprint density at radius 3 is 2.36 bits per heavy atom. The number of amidine groups is 1. The van der Waals surface area contributed by atoms with Gasteiger partial charge in [-0.25, -0.2) is 0 Å². The van der Waals surface area contributed by atoms with Crippen molar-refractivity contribution in [2.75, 3.05) is 5.32 Å². The van der Waals surface area contributed by atoms with Crippen LogP contribution in [0.1, 0.15) is 11.1 Å². The van der Waals surface area contributed by atoms with E-state index in [1.807, 2.05) is 66.7 Å². The minimum atomic E-state index is -0.246. The Morgan fingerprint density at radius 1 is 0.909 bits per heavy atom. The molecule has 1 amide bonds. The van der Waals surface area contributed by atoms with Gasteiger partial charge in [0.2, 0.25) is 0 Å². The number of hydrogen-bond acceptors (Lipinski definition) is 4. The Kier molecular flexibility index (Phi) is 6.65. The number of hydrogen-bond donors (Lipinski definition) is 1. The molecule has 0 saturated heterocycles. The summed E-state index contributed by atoms with van der Waals surface area (Å²) in [6.07, 6.45) is 1.87. The number of ether oxygens (including phenoxy) is 1. The molecule has 1 aliphatic rings. The van der Waals surface area contributed by atoms with Gasteiger partial charge in [0.1, 0.15) is 6.61 Å². The van der Waals surface area contributed by atoms with Crippen LogP contribution in [0.25, 0.3) is 16.8 Å². The number of rotatable bonds is 5. The summed E-state index contributed by atoms with van der Waals surface area (Å²) in [5.41, 5.74) is 2.87. The molecule has 0 fully saturated rings. The average Bonchev–Trinajstić information content (AvgIpc) is 3.18. The first-order chi connectivity index (χ1) is 16.1. The molecular weight excluding hydrogens is 439 g/mol. The van der Waals surface area contributed by atoms with Gasteiger partial charge in [-0.05, 0) is 10.9 Å². The topological polar surface area (TPSA) is 50.7 Å². The number of amides is 1. The van der Waals surface area contributed by atoms with Gasteiger partial charge in [-0.2, -0.15) is 0 Å². The quantitative estimate of drug-likeness (QED) is 0.326. The molecule has 0 unspecified atom stereocenters. The van der Waals surface area contributed by atoms with Crippen molar-refractivity contribution in [2.24, 2.45) is 4.99 Å². The molecule has 1 heterocycles. The summed E-state index contributed by atoms with van der Waals surface area (Å²) >= 11 is 2.35. The van der Waals surface area contributed by atoms with E-state index in [-0.39, 0.29) is 5.91 Å². The molecule has 4 aromatic carbocycles. The number of fused-ring (bicyclic) bond motifs is 1. The third-order valence-electron chi connectivity index (χ3n) is 5.33. The summed E-state index contributed by atoms with van der Waals surface area (Å²) in [4.78, 5) is 17.4. The van der Waals surface area contributed by atoms with Crippen LogP contribution in [0, 0.1) is 0 Å². The van der Waals surface area contributed by atoms with Crippen molar-refractivity contribution < 1.29 is 9.53 Å². The van der Waals surface area contributed by atoms with Crippen molar-refractivity contribution in [2.45, 2.75) is 6.61 Å². The van der Waals surface area contributed by atoms with Gasteiger partial charge < -0.3 is 0 Å². The summed E-state index contributed by atoms with van der Waals surface area (Å²) in [6, 6.07) is 30.5. The number of anilines is 1. The Labute approximate surface area is 214 Å². The Morgan fingerprint density at radius 2 is 1.61 bits per heavy atom. The number of carbonyl (C=O) groups excluding carboxylic acids is 1. The van der Waals surface area contributed by atoms with E-state index in [0.717, 1.165) is 61.3 Å². The Hall–Kier alpha value is -2.83. The maximum absolute atomic E-state index is 12.6. The van der Waals surface area contributed by atoms with E-state index in [0.29, 0.717) is 16.7 Å². The van der Waals surface area contributed by atoms with Gasteiger partial charge in [0.05, 0.1) is 0 Å². The summed E-state index contributed by atoms with van der Waals surface area (Å²) in [7, 11) is 0. The molecule has 0 radical (unpaired) electrons. The summed E-state index contributed by atoms with van der Waals surface area (Å²) in [6.45, 7) is 0.454. The zero-order valence-electron chi connectivity index (χ0n) is 18.1. The molecule has 33 heavy (non-hydrogen) atoms. The van der Waals surface area contributed by atoms with E-state index in [9.17, 15) is 4.79 Å². The number of aliphatic imine (C=N–C) groups is 1. The predicted molar refractivity (Wildman–Crippen MR) is 138 cm³/mol. The van der Waals surface area contributed by atoms with Crippen molar-refractivity contribution in [3.8, 4) is 5.75 Å². The minimum Gasteiger partial charge on any atom is -0.0622 e. The number of nitrogens with one attached hydrogen (secondary N) is 1. The molecule has 1 N–H and O–H groups in total. The van der Waals surface area contributed by atoms with Gasteiger partial charge in [0.15, 0.2) is 0 Å². The smallest absolute Gasteiger partial charge is 0.0622 e. The third-order valence-corrected chi connectivity index (χ3v) is 6.89. The molecule has 0 aliphatic carbocycles. The SMILES string of the molecule is O=C1N=C(Nc2cc[c]([Na])cc2)SC1=Cc1cc2ccccc2cc1OCc1ccccc1. The number of benzene rings is 4. The fourth-order valence-electron chi connectivity index (χ4n) is 3.57. The summed E-state index contributed by atoms with van der Waals surface area (Å²) in [5, 5.41) is 6.01. The van der Waals surface area contributed by atoms with Crippen LogP contribution in [-0.2, 0) is 11.4 Å². The van der Waals surface area contributed by atoms with Crippen LogP contribution >= 0.6 is 11.8 Å². The minimum absolute atomic E-state index is 0.246. The number of thioether (sulfide) groups is 1. The molecule has 156 valence electrons. The van der Waals surface area contributed by atoms with Crippen molar-refractivity contribution >= 4 is 76.1 Å². The van der Waals surface area contributed by atoms with Crippen LogP contribution in [0.3, 0.4) is 0 Å². The maximum atomic E-state index is 12.6. The molecule has 0 bridgehead atoms. The fourth-order valence-corrected chi connectivity index (χ4v) is 4.73. The summed E-state index contributed by atoms with van der Waals surface area (Å²) < 4.78 is 7.51. The van der Waals surface area contributed by atoms with Gasteiger partial charge in [-0.1, -0.05) is 54.6 Å². The molecule has 1 aliphatic heterocycles. The van der Waals surface area contributed by atoms with Gasteiger partial charge in [0.25, 0.3) is 0 Å². The van der Waals surface area contributed by atoms with E-state index in [1.165, 1.54) is 14.6 Å². The standard InChI is InChI=1S/C27H19N2O2S.Na/c30-26-25(32-27(29-26)28-23-13-5-2-6-14-23)17-22-15-20-11-7-8-12-21(20)16-24(22)31-18-19-9-3-1-4-10-19;/h1,3-17H,18H2,(H,28,29,30);. The zero-order chi connectivity index (χ0) is 22.6. The zero-order valence-corrected chi connectivity index (χ0v) is 20.9. The second kappa shape index (κ2) is 9.98. The molecule has 5 rings (SSSR count). The Balaban J connectivity index is 1.42. The fraction of sp³-hybridized carbons (Fsp3) is 0.0370. The van der Waals surface area contributed by atoms with Gasteiger partial charge in [-0.3, -0.25) is 0 Å². The first-order valence-electron chi connectivity index (χ1n) is 10.7. The van der Waals surface area contributed by atoms with E-state index in [2.05, 4.69) is 40.6 Å². The second-order valence-corrected chi connectivity index (χ2v) is 10.0. The Bertz CT molecular complexity index is 1380. The van der Waals surface area contributed by atoms with Gasteiger partial charge in [0, 0.05) is 0 Å². The van der Waals surface area contributed by atoms with Crippen molar-refractivity contribution in [1.29, 1.82) is 0 Å². The van der Waals surface area contributed by atoms with Crippen LogP contribution in [0.15, 0.2) is 101 Å². The molecular formula is C27H19N2NaO2S. The molecule has 6 heteroatoms. The molecule has 0 spiro atoms. The van der Waals surface area contributed by atoms with E-state index in [4.69, 9.17) is 4.74 Å². The molecule has 0 saturated carbocycles. The van der Waals surface area contributed by atoms with Crippen LogP contribution in [0.2, 0.25) is 0 Å². The van der Waals surface area contributed by atoms with Crippen molar-refractivity contribution in [1.82, 2.24) is 0 Å². The van der Waals surface area contributed by atoms with E-state index < -0.39 is 0 Å². The number of nitrogens with zero attached hydrogens (tertiary/aromatic N) is 1. The molecule has 4 aromatic rings. The summed E-state index contributed by atoms with van der Waals surface area (Å²) in [5.74, 6) is 0.492. The molecule has 0 atom stereocenters. The van der Waals surface area contributed by atoms with Crippen LogP contribution < -0.4 is 12.9 Å².